The Bertz CT molecular complexity index is 1200. The minimum atomic E-state index is -3.76. The van der Waals surface area contributed by atoms with Crippen molar-refractivity contribution in [2.75, 3.05) is 13.2 Å². The lowest BCUT2D eigenvalue weighted by Crippen LogP contribution is -2.25. The Hall–Kier alpha value is -2.34. The Balaban J connectivity index is 1.29. The quantitative estimate of drug-likeness (QED) is 0.168. The van der Waals surface area contributed by atoms with Gasteiger partial charge in [-0.25, -0.2) is 8.78 Å². The van der Waals surface area contributed by atoms with Gasteiger partial charge in [0.25, 0.3) is 0 Å². The molecule has 1 atom stereocenters. The predicted octanol–water partition coefficient (Wildman–Crippen LogP) is 9.83. The SMILES string of the molecule is CCCCCC1CC=C(C2CCC(c3ccc4c(c3F)C(F)(F)c3c-4ccc(OCCCC)c3F)CC2)CO1. The van der Waals surface area contributed by atoms with E-state index in [9.17, 15) is 0 Å². The number of hydrogen-bond donors (Lipinski definition) is 0. The number of alkyl halides is 2. The fourth-order valence-corrected chi connectivity index (χ4v) is 6.60. The molecule has 0 saturated heterocycles. The van der Waals surface area contributed by atoms with E-state index in [-0.39, 0.29) is 29.4 Å². The van der Waals surface area contributed by atoms with Gasteiger partial charge in [-0.15, -0.1) is 0 Å². The largest absolute Gasteiger partial charge is 0.491 e. The first-order chi connectivity index (χ1) is 18.9. The second-order valence-corrected chi connectivity index (χ2v) is 11.5. The van der Waals surface area contributed by atoms with Gasteiger partial charge >= 0.3 is 5.92 Å². The summed E-state index contributed by atoms with van der Waals surface area (Å²) in [5.74, 6) is -5.67. The van der Waals surface area contributed by atoms with E-state index in [1.165, 1.54) is 37.0 Å². The molecule has 5 rings (SSSR count). The summed E-state index contributed by atoms with van der Waals surface area (Å²) in [6.07, 6.45) is 13.1. The van der Waals surface area contributed by atoms with Crippen molar-refractivity contribution in [1.29, 1.82) is 0 Å². The molecule has 39 heavy (non-hydrogen) atoms. The molecule has 6 heteroatoms. The maximum Gasteiger partial charge on any atom is 0.305 e. The summed E-state index contributed by atoms with van der Waals surface area (Å²) in [6.45, 7) is 5.08. The van der Waals surface area contributed by atoms with Crippen LogP contribution in [0.1, 0.15) is 107 Å². The Morgan fingerprint density at radius 3 is 2.18 bits per heavy atom. The molecule has 2 aliphatic carbocycles. The Morgan fingerprint density at radius 1 is 0.846 bits per heavy atom. The smallest absolute Gasteiger partial charge is 0.305 e. The third-order valence-corrected chi connectivity index (χ3v) is 8.90. The second kappa shape index (κ2) is 12.0. The van der Waals surface area contributed by atoms with E-state index in [2.05, 4.69) is 13.0 Å². The van der Waals surface area contributed by atoms with Crippen molar-refractivity contribution in [3.8, 4) is 16.9 Å². The standard InChI is InChI=1S/C33H40F4O2/c1-3-5-7-8-24-14-13-23(20-39-24)21-9-11-22(12-10-21)25-15-16-26-27-17-18-28(38-19-6-4-2)32(35)30(27)33(36,37)29(26)31(25)34/h13,15-18,21-22,24H,3-12,14,19-20H2,1-2H3. The third kappa shape index (κ3) is 5.51. The fourth-order valence-electron chi connectivity index (χ4n) is 6.60. The van der Waals surface area contributed by atoms with Crippen LogP contribution in [-0.4, -0.2) is 19.3 Å². The van der Waals surface area contributed by atoms with E-state index < -0.39 is 28.7 Å². The molecule has 1 unspecified atom stereocenters. The molecule has 0 amide bonds. The number of halogens is 4. The first-order valence-electron chi connectivity index (χ1n) is 14.8. The van der Waals surface area contributed by atoms with Gasteiger partial charge in [0.1, 0.15) is 5.82 Å². The molecule has 2 nitrogen and oxygen atoms in total. The lowest BCUT2D eigenvalue weighted by Gasteiger charge is -2.33. The average molecular weight is 545 g/mol. The van der Waals surface area contributed by atoms with Crippen molar-refractivity contribution in [3.63, 3.8) is 0 Å². The summed E-state index contributed by atoms with van der Waals surface area (Å²) in [5, 5.41) is 0. The molecule has 1 saturated carbocycles. The highest BCUT2D eigenvalue weighted by Crippen LogP contribution is 2.55. The van der Waals surface area contributed by atoms with Crippen LogP contribution in [-0.2, 0) is 10.7 Å². The zero-order valence-electron chi connectivity index (χ0n) is 23.1. The summed E-state index contributed by atoms with van der Waals surface area (Å²) in [7, 11) is 0. The molecule has 0 N–H and O–H groups in total. The topological polar surface area (TPSA) is 18.5 Å². The zero-order valence-corrected chi connectivity index (χ0v) is 23.1. The van der Waals surface area contributed by atoms with Crippen LogP contribution >= 0.6 is 0 Å². The van der Waals surface area contributed by atoms with Gasteiger partial charge in [0, 0.05) is 0 Å². The number of rotatable bonds is 10. The van der Waals surface area contributed by atoms with Crippen molar-refractivity contribution in [2.45, 2.75) is 102 Å². The van der Waals surface area contributed by atoms with E-state index >= 15 is 17.6 Å². The van der Waals surface area contributed by atoms with Crippen molar-refractivity contribution >= 4 is 0 Å². The summed E-state index contributed by atoms with van der Waals surface area (Å²) < 4.78 is 73.9. The van der Waals surface area contributed by atoms with E-state index in [4.69, 9.17) is 9.47 Å². The van der Waals surface area contributed by atoms with Gasteiger partial charge in [-0.2, -0.15) is 8.78 Å². The molecular formula is C33H40F4O2. The summed E-state index contributed by atoms with van der Waals surface area (Å²) in [6, 6.07) is 5.99. The number of hydrogen-bond acceptors (Lipinski definition) is 2. The molecule has 0 bridgehead atoms. The molecule has 0 aromatic heterocycles. The van der Waals surface area contributed by atoms with Crippen molar-refractivity contribution in [3.05, 3.63) is 64.2 Å². The maximum atomic E-state index is 15.9. The Morgan fingerprint density at radius 2 is 1.51 bits per heavy atom. The molecule has 212 valence electrons. The van der Waals surface area contributed by atoms with Gasteiger partial charge in [0.2, 0.25) is 0 Å². The Labute approximate surface area is 229 Å². The van der Waals surface area contributed by atoms with Crippen LogP contribution in [0, 0.1) is 17.6 Å². The van der Waals surface area contributed by atoms with Crippen molar-refractivity contribution < 1.29 is 27.0 Å². The average Bonchev–Trinajstić information content (AvgIpc) is 3.18. The molecule has 0 radical (unpaired) electrons. The first kappa shape index (κ1) is 28.2. The van der Waals surface area contributed by atoms with E-state index in [1.54, 1.807) is 12.1 Å². The van der Waals surface area contributed by atoms with Crippen LogP contribution in [0.5, 0.6) is 5.75 Å². The summed E-state index contributed by atoms with van der Waals surface area (Å²) in [5.41, 5.74) is 0.305. The number of benzene rings is 2. The molecule has 2 aromatic carbocycles. The van der Waals surface area contributed by atoms with Gasteiger partial charge < -0.3 is 9.47 Å². The number of ether oxygens (including phenoxy) is 2. The van der Waals surface area contributed by atoms with Gasteiger partial charge in [-0.1, -0.05) is 57.7 Å². The maximum absolute atomic E-state index is 15.9. The fraction of sp³-hybridized carbons (Fsp3) is 0.576. The molecule has 2 aromatic rings. The van der Waals surface area contributed by atoms with Crippen LogP contribution < -0.4 is 4.74 Å². The van der Waals surface area contributed by atoms with Gasteiger partial charge in [0.05, 0.1) is 30.4 Å². The van der Waals surface area contributed by atoms with Crippen molar-refractivity contribution in [1.82, 2.24) is 0 Å². The predicted molar refractivity (Wildman–Crippen MR) is 146 cm³/mol. The Kier molecular flexibility index (Phi) is 8.70. The zero-order chi connectivity index (χ0) is 27.6. The summed E-state index contributed by atoms with van der Waals surface area (Å²) in [4.78, 5) is 0. The molecule has 1 aliphatic heterocycles. The van der Waals surface area contributed by atoms with Gasteiger partial charge in [-0.3, -0.25) is 0 Å². The van der Waals surface area contributed by atoms with Crippen LogP contribution in [0.4, 0.5) is 17.6 Å². The van der Waals surface area contributed by atoms with Crippen LogP contribution in [0.15, 0.2) is 35.9 Å². The lowest BCUT2D eigenvalue weighted by molar-refractivity contribution is 0.0394. The second-order valence-electron chi connectivity index (χ2n) is 11.5. The highest BCUT2D eigenvalue weighted by Gasteiger charge is 2.50. The summed E-state index contributed by atoms with van der Waals surface area (Å²) >= 11 is 0. The molecule has 3 aliphatic rings. The van der Waals surface area contributed by atoms with Gasteiger partial charge in [0.15, 0.2) is 11.6 Å². The van der Waals surface area contributed by atoms with Crippen LogP contribution in [0.25, 0.3) is 11.1 Å². The molecule has 1 heterocycles. The van der Waals surface area contributed by atoms with Crippen molar-refractivity contribution in [2.24, 2.45) is 5.92 Å². The van der Waals surface area contributed by atoms with Crippen LogP contribution in [0.3, 0.4) is 0 Å². The number of fused-ring (bicyclic) bond motifs is 3. The minimum Gasteiger partial charge on any atom is -0.491 e. The minimum absolute atomic E-state index is 0.0433. The number of unbranched alkanes of at least 4 members (excludes halogenated alkanes) is 3. The highest BCUT2D eigenvalue weighted by molar-refractivity contribution is 5.81. The molecule has 1 fully saturated rings. The van der Waals surface area contributed by atoms with Crippen LogP contribution in [0.2, 0.25) is 0 Å². The van der Waals surface area contributed by atoms with E-state index in [1.807, 2.05) is 6.92 Å². The first-order valence-corrected chi connectivity index (χ1v) is 14.8. The van der Waals surface area contributed by atoms with E-state index in [0.717, 1.165) is 44.9 Å². The highest BCUT2D eigenvalue weighted by atomic mass is 19.3. The third-order valence-electron chi connectivity index (χ3n) is 8.90. The molecular weight excluding hydrogens is 504 g/mol. The van der Waals surface area contributed by atoms with E-state index in [0.29, 0.717) is 30.6 Å². The normalized spacial score (nSPS) is 23.7. The van der Waals surface area contributed by atoms with Gasteiger partial charge in [-0.05, 0) is 91.2 Å². The monoisotopic (exact) mass is 544 g/mol. The molecule has 0 spiro atoms. The lowest BCUT2D eigenvalue weighted by atomic mass is 9.75.